The monoisotopic (exact) mass is 439 g/mol. The standard InChI is InChI=1S/C25H33N3O4/c1-5-31-23(29)18-8-10-19(11-9-18)27-14-12-20(13-15-27)28-22(17-6-7-17)21(16-26-28)24(30)32-25(2,3)4/h8-11,16-17,20H,5-7,12-15H2,1-4H3. The summed E-state index contributed by atoms with van der Waals surface area (Å²) < 4.78 is 12.8. The first kappa shape index (κ1) is 22.4. The summed E-state index contributed by atoms with van der Waals surface area (Å²) in [6.07, 6.45) is 5.81. The lowest BCUT2D eigenvalue weighted by Crippen LogP contribution is -2.35. The molecule has 0 atom stereocenters. The SMILES string of the molecule is CCOC(=O)c1ccc(N2CCC(n3ncc(C(=O)OC(C)(C)C)c3C3CC3)CC2)cc1. The van der Waals surface area contributed by atoms with Crippen molar-refractivity contribution in [3.05, 3.63) is 47.3 Å². The zero-order valence-corrected chi connectivity index (χ0v) is 19.5. The van der Waals surface area contributed by atoms with E-state index in [1.807, 2.05) is 45.0 Å². The van der Waals surface area contributed by atoms with Crippen LogP contribution in [0.3, 0.4) is 0 Å². The maximum Gasteiger partial charge on any atom is 0.342 e. The van der Waals surface area contributed by atoms with Crippen LogP contribution in [-0.4, -0.2) is 47.0 Å². The Kier molecular flexibility index (Phi) is 6.26. The van der Waals surface area contributed by atoms with Gasteiger partial charge in [-0.3, -0.25) is 4.68 Å². The second-order valence-corrected chi connectivity index (χ2v) is 9.65. The third-order valence-electron chi connectivity index (χ3n) is 5.97. The fraction of sp³-hybridized carbons (Fsp3) is 0.560. The van der Waals surface area contributed by atoms with Crippen molar-refractivity contribution >= 4 is 17.6 Å². The van der Waals surface area contributed by atoms with E-state index in [9.17, 15) is 9.59 Å². The van der Waals surface area contributed by atoms with Gasteiger partial charge in [-0.25, -0.2) is 9.59 Å². The molecule has 1 aliphatic carbocycles. The molecule has 32 heavy (non-hydrogen) atoms. The molecule has 1 aliphatic heterocycles. The topological polar surface area (TPSA) is 73.7 Å². The van der Waals surface area contributed by atoms with Gasteiger partial charge in [-0.1, -0.05) is 0 Å². The Labute approximate surface area is 189 Å². The van der Waals surface area contributed by atoms with Gasteiger partial charge in [-0.15, -0.1) is 0 Å². The molecule has 1 saturated heterocycles. The first-order valence-electron chi connectivity index (χ1n) is 11.6. The van der Waals surface area contributed by atoms with Crippen LogP contribution in [0.25, 0.3) is 0 Å². The van der Waals surface area contributed by atoms with E-state index in [0.717, 1.165) is 50.2 Å². The summed E-state index contributed by atoms with van der Waals surface area (Å²) in [6.45, 7) is 9.65. The first-order valence-corrected chi connectivity index (χ1v) is 11.6. The summed E-state index contributed by atoms with van der Waals surface area (Å²) in [5, 5.41) is 4.64. The van der Waals surface area contributed by atoms with E-state index < -0.39 is 5.60 Å². The number of ether oxygens (including phenoxy) is 2. The number of nitrogens with zero attached hydrogens (tertiary/aromatic N) is 3. The van der Waals surface area contributed by atoms with Crippen molar-refractivity contribution in [2.45, 2.75) is 70.9 Å². The summed E-state index contributed by atoms with van der Waals surface area (Å²) in [6, 6.07) is 7.89. The maximum absolute atomic E-state index is 12.7. The van der Waals surface area contributed by atoms with Gasteiger partial charge in [-0.2, -0.15) is 5.10 Å². The van der Waals surface area contributed by atoms with Gasteiger partial charge in [0.05, 0.1) is 30.1 Å². The van der Waals surface area contributed by atoms with Crippen LogP contribution >= 0.6 is 0 Å². The van der Waals surface area contributed by atoms with Crippen LogP contribution in [0.2, 0.25) is 0 Å². The maximum atomic E-state index is 12.7. The Bertz CT molecular complexity index is 962. The van der Waals surface area contributed by atoms with Crippen LogP contribution in [-0.2, 0) is 9.47 Å². The lowest BCUT2D eigenvalue weighted by Gasteiger charge is -2.34. The highest BCUT2D eigenvalue weighted by Crippen LogP contribution is 2.44. The highest BCUT2D eigenvalue weighted by molar-refractivity contribution is 5.91. The van der Waals surface area contributed by atoms with Crippen LogP contribution in [0, 0.1) is 0 Å². The average molecular weight is 440 g/mol. The number of hydrogen-bond acceptors (Lipinski definition) is 6. The van der Waals surface area contributed by atoms with E-state index in [-0.39, 0.29) is 18.0 Å². The van der Waals surface area contributed by atoms with Crippen molar-refractivity contribution in [3.63, 3.8) is 0 Å². The Hall–Kier alpha value is -2.83. The van der Waals surface area contributed by atoms with Crippen molar-refractivity contribution < 1.29 is 19.1 Å². The average Bonchev–Trinajstić information content (AvgIpc) is 3.50. The minimum absolute atomic E-state index is 0.273. The van der Waals surface area contributed by atoms with Crippen LogP contribution in [0.15, 0.2) is 30.5 Å². The number of hydrogen-bond donors (Lipinski definition) is 0. The molecule has 7 heteroatoms. The predicted molar refractivity (Wildman–Crippen MR) is 122 cm³/mol. The van der Waals surface area contributed by atoms with Gasteiger partial charge in [0.1, 0.15) is 11.2 Å². The van der Waals surface area contributed by atoms with Gasteiger partial charge in [0, 0.05) is 24.7 Å². The molecule has 0 bridgehead atoms. The number of esters is 2. The van der Waals surface area contributed by atoms with Crippen LogP contribution in [0.4, 0.5) is 5.69 Å². The highest BCUT2D eigenvalue weighted by atomic mass is 16.6. The second-order valence-electron chi connectivity index (χ2n) is 9.65. The first-order chi connectivity index (χ1) is 15.3. The van der Waals surface area contributed by atoms with Gasteiger partial charge in [0.25, 0.3) is 0 Å². The van der Waals surface area contributed by atoms with E-state index in [4.69, 9.17) is 9.47 Å². The summed E-state index contributed by atoms with van der Waals surface area (Å²) in [4.78, 5) is 27.0. The molecule has 1 aromatic carbocycles. The highest BCUT2D eigenvalue weighted by Gasteiger charge is 2.36. The Balaban J connectivity index is 1.43. The van der Waals surface area contributed by atoms with Crippen molar-refractivity contribution in [1.82, 2.24) is 9.78 Å². The molecular weight excluding hydrogens is 406 g/mol. The third-order valence-corrected chi connectivity index (χ3v) is 5.97. The van der Waals surface area contributed by atoms with Crippen molar-refractivity contribution in [2.75, 3.05) is 24.6 Å². The summed E-state index contributed by atoms with van der Waals surface area (Å²) >= 11 is 0. The normalized spacial score (nSPS) is 17.3. The van der Waals surface area contributed by atoms with Crippen molar-refractivity contribution in [2.24, 2.45) is 0 Å². The summed E-state index contributed by atoms with van der Waals surface area (Å²) in [5.74, 6) is -0.150. The van der Waals surface area contributed by atoms with Gasteiger partial charge >= 0.3 is 11.9 Å². The summed E-state index contributed by atoms with van der Waals surface area (Å²) in [5.41, 5.74) is 2.84. The fourth-order valence-electron chi connectivity index (χ4n) is 4.31. The molecule has 2 fully saturated rings. The lowest BCUT2D eigenvalue weighted by molar-refractivity contribution is 0.00677. The molecule has 2 aromatic rings. The number of aromatic nitrogens is 2. The molecule has 7 nitrogen and oxygen atoms in total. The quantitative estimate of drug-likeness (QED) is 0.606. The number of anilines is 1. The van der Waals surface area contributed by atoms with Crippen molar-refractivity contribution in [3.8, 4) is 0 Å². The predicted octanol–water partition coefficient (Wildman–Crippen LogP) is 4.73. The van der Waals surface area contributed by atoms with E-state index in [1.165, 1.54) is 0 Å². The molecule has 0 unspecified atom stereocenters. The van der Waals surface area contributed by atoms with Crippen LogP contribution in [0.5, 0.6) is 0 Å². The molecule has 1 saturated carbocycles. The number of piperidine rings is 1. The molecule has 0 radical (unpaired) electrons. The molecule has 2 heterocycles. The zero-order chi connectivity index (χ0) is 22.9. The Morgan fingerprint density at radius 1 is 1.03 bits per heavy atom. The Morgan fingerprint density at radius 3 is 2.25 bits per heavy atom. The van der Waals surface area contributed by atoms with E-state index in [1.54, 1.807) is 13.1 Å². The number of benzene rings is 1. The largest absolute Gasteiger partial charge is 0.462 e. The molecule has 4 rings (SSSR count). The number of rotatable bonds is 6. The minimum atomic E-state index is -0.520. The lowest BCUT2D eigenvalue weighted by atomic mass is 10.0. The molecule has 1 aromatic heterocycles. The van der Waals surface area contributed by atoms with E-state index in [0.29, 0.717) is 23.7 Å². The van der Waals surface area contributed by atoms with E-state index in [2.05, 4.69) is 14.7 Å². The third kappa shape index (κ3) is 4.97. The second kappa shape index (κ2) is 8.96. The Morgan fingerprint density at radius 2 is 1.69 bits per heavy atom. The minimum Gasteiger partial charge on any atom is -0.462 e. The van der Waals surface area contributed by atoms with Crippen LogP contribution < -0.4 is 4.90 Å². The molecule has 0 amide bonds. The molecule has 0 N–H and O–H groups in total. The smallest absolute Gasteiger partial charge is 0.342 e. The van der Waals surface area contributed by atoms with Gasteiger partial charge in [0.15, 0.2) is 0 Å². The molecule has 172 valence electrons. The molecular formula is C25H33N3O4. The van der Waals surface area contributed by atoms with Crippen LogP contribution in [0.1, 0.15) is 91.7 Å². The van der Waals surface area contributed by atoms with Gasteiger partial charge in [-0.05, 0) is 77.6 Å². The summed E-state index contributed by atoms with van der Waals surface area (Å²) in [7, 11) is 0. The molecule has 2 aliphatic rings. The molecule has 0 spiro atoms. The van der Waals surface area contributed by atoms with Crippen molar-refractivity contribution in [1.29, 1.82) is 0 Å². The zero-order valence-electron chi connectivity index (χ0n) is 19.5. The number of carbonyl (C=O) groups excluding carboxylic acids is 2. The number of carbonyl (C=O) groups is 2. The fourth-order valence-corrected chi connectivity index (χ4v) is 4.31. The van der Waals surface area contributed by atoms with E-state index >= 15 is 0 Å². The van der Waals surface area contributed by atoms with Gasteiger partial charge in [0.2, 0.25) is 0 Å². The van der Waals surface area contributed by atoms with Gasteiger partial charge < -0.3 is 14.4 Å².